The number of nitrogens with zero attached hydrogens (tertiary/aromatic N) is 3. The highest BCUT2D eigenvalue weighted by molar-refractivity contribution is 5.80. The van der Waals surface area contributed by atoms with Gasteiger partial charge in [0.15, 0.2) is 5.96 Å². The van der Waals surface area contributed by atoms with Crippen LogP contribution in [0.5, 0.6) is 5.75 Å². The Hall–Kier alpha value is -2.77. The SMILES string of the molecule is CN=C(NCc1ccc(CN2CCOCC2)cc1)NC1CCN(c2ccccc2OC)C1. The zero-order valence-corrected chi connectivity index (χ0v) is 19.2. The fraction of sp³-hybridized carbons (Fsp3) is 0.480. The van der Waals surface area contributed by atoms with Gasteiger partial charge in [0.05, 0.1) is 26.0 Å². The number of rotatable bonds is 7. The molecular weight excluding hydrogens is 402 g/mol. The van der Waals surface area contributed by atoms with Crippen LogP contribution in [-0.4, -0.2) is 70.5 Å². The number of benzene rings is 2. The number of aliphatic imine (C=N–C) groups is 1. The average molecular weight is 438 g/mol. The van der Waals surface area contributed by atoms with Gasteiger partial charge in [-0.3, -0.25) is 9.89 Å². The van der Waals surface area contributed by atoms with Gasteiger partial charge in [0, 0.05) is 52.4 Å². The van der Waals surface area contributed by atoms with Crippen LogP contribution in [0.3, 0.4) is 0 Å². The van der Waals surface area contributed by atoms with Gasteiger partial charge >= 0.3 is 0 Å². The zero-order valence-electron chi connectivity index (χ0n) is 19.2. The lowest BCUT2D eigenvalue weighted by molar-refractivity contribution is 0.0342. The monoisotopic (exact) mass is 437 g/mol. The van der Waals surface area contributed by atoms with Crippen molar-refractivity contribution in [1.29, 1.82) is 0 Å². The van der Waals surface area contributed by atoms with Crippen LogP contribution in [0.4, 0.5) is 5.69 Å². The van der Waals surface area contributed by atoms with E-state index in [9.17, 15) is 0 Å². The van der Waals surface area contributed by atoms with Crippen molar-refractivity contribution in [2.24, 2.45) is 4.99 Å². The molecule has 2 heterocycles. The van der Waals surface area contributed by atoms with Gasteiger partial charge < -0.3 is 25.0 Å². The number of morpholine rings is 1. The van der Waals surface area contributed by atoms with Gasteiger partial charge in [0.1, 0.15) is 5.75 Å². The van der Waals surface area contributed by atoms with Crippen molar-refractivity contribution in [1.82, 2.24) is 15.5 Å². The van der Waals surface area contributed by atoms with Crippen LogP contribution in [0.25, 0.3) is 0 Å². The molecule has 0 spiro atoms. The van der Waals surface area contributed by atoms with Crippen molar-refractivity contribution in [3.8, 4) is 5.75 Å². The molecule has 7 nitrogen and oxygen atoms in total. The molecule has 0 amide bonds. The van der Waals surface area contributed by atoms with E-state index in [1.165, 1.54) is 11.1 Å². The third-order valence-corrected chi connectivity index (χ3v) is 6.17. The first-order chi connectivity index (χ1) is 15.7. The minimum absolute atomic E-state index is 0.349. The van der Waals surface area contributed by atoms with Crippen LogP contribution < -0.4 is 20.3 Å². The van der Waals surface area contributed by atoms with E-state index >= 15 is 0 Å². The molecule has 1 unspecified atom stereocenters. The highest BCUT2D eigenvalue weighted by Gasteiger charge is 2.25. The molecule has 172 valence electrons. The molecule has 0 radical (unpaired) electrons. The van der Waals surface area contributed by atoms with Crippen molar-refractivity contribution < 1.29 is 9.47 Å². The maximum atomic E-state index is 5.53. The lowest BCUT2D eigenvalue weighted by Crippen LogP contribution is -2.44. The Morgan fingerprint density at radius 2 is 1.81 bits per heavy atom. The summed E-state index contributed by atoms with van der Waals surface area (Å²) in [5.74, 6) is 1.77. The van der Waals surface area contributed by atoms with Gasteiger partial charge in [-0.05, 0) is 29.7 Å². The van der Waals surface area contributed by atoms with Crippen LogP contribution in [0.2, 0.25) is 0 Å². The Morgan fingerprint density at radius 3 is 2.56 bits per heavy atom. The molecule has 2 fully saturated rings. The lowest BCUT2D eigenvalue weighted by atomic mass is 10.1. The van der Waals surface area contributed by atoms with Crippen molar-refractivity contribution in [3.05, 3.63) is 59.7 Å². The van der Waals surface area contributed by atoms with Gasteiger partial charge in [-0.1, -0.05) is 36.4 Å². The molecule has 0 bridgehead atoms. The number of nitrogens with one attached hydrogen (secondary N) is 2. The third-order valence-electron chi connectivity index (χ3n) is 6.17. The van der Waals surface area contributed by atoms with E-state index < -0.39 is 0 Å². The number of anilines is 1. The maximum Gasteiger partial charge on any atom is 0.191 e. The quantitative estimate of drug-likeness (QED) is 0.513. The van der Waals surface area contributed by atoms with Crippen molar-refractivity contribution in [2.45, 2.75) is 25.6 Å². The summed E-state index contributed by atoms with van der Waals surface area (Å²) in [6.45, 7) is 7.38. The summed E-state index contributed by atoms with van der Waals surface area (Å²) in [6.07, 6.45) is 1.06. The predicted octanol–water partition coefficient (Wildman–Crippen LogP) is 2.47. The number of guanidine groups is 1. The molecule has 0 saturated carbocycles. The molecule has 2 aliphatic heterocycles. The van der Waals surface area contributed by atoms with E-state index in [-0.39, 0.29) is 0 Å². The standard InChI is InChI=1S/C25H35N5O2/c1-26-25(28-22-11-12-30(19-22)23-5-3-4-6-24(23)31-2)27-17-20-7-9-21(10-8-20)18-29-13-15-32-16-14-29/h3-10,22H,11-19H2,1-2H3,(H2,26,27,28). The van der Waals surface area contributed by atoms with Crippen molar-refractivity contribution in [2.75, 3.05) is 58.5 Å². The number of para-hydroxylation sites is 2. The first kappa shape index (κ1) is 22.4. The highest BCUT2D eigenvalue weighted by atomic mass is 16.5. The van der Waals surface area contributed by atoms with Crippen LogP contribution in [0.1, 0.15) is 17.5 Å². The van der Waals surface area contributed by atoms with Gasteiger partial charge in [-0.25, -0.2) is 0 Å². The lowest BCUT2D eigenvalue weighted by Gasteiger charge is -2.26. The Labute approximate surface area is 191 Å². The fourth-order valence-corrected chi connectivity index (χ4v) is 4.34. The number of methoxy groups -OCH3 is 1. The molecule has 2 aliphatic rings. The molecular formula is C25H35N5O2. The number of hydrogen-bond donors (Lipinski definition) is 2. The molecule has 2 saturated heterocycles. The van der Waals surface area contributed by atoms with Crippen molar-refractivity contribution >= 4 is 11.6 Å². The topological polar surface area (TPSA) is 61.4 Å². The van der Waals surface area contributed by atoms with Gasteiger partial charge in [-0.2, -0.15) is 0 Å². The second-order valence-corrected chi connectivity index (χ2v) is 8.38. The summed E-state index contributed by atoms with van der Waals surface area (Å²) in [5.41, 5.74) is 3.75. The van der Waals surface area contributed by atoms with Gasteiger partial charge in [0.2, 0.25) is 0 Å². The van der Waals surface area contributed by atoms with E-state index in [0.29, 0.717) is 6.04 Å². The minimum atomic E-state index is 0.349. The molecule has 0 aromatic heterocycles. The summed E-state index contributed by atoms with van der Waals surface area (Å²) in [6, 6.07) is 17.4. The summed E-state index contributed by atoms with van der Waals surface area (Å²) in [5, 5.41) is 7.04. The predicted molar refractivity (Wildman–Crippen MR) is 129 cm³/mol. The molecule has 1 atom stereocenters. The Kier molecular flexibility index (Phi) is 7.85. The van der Waals surface area contributed by atoms with E-state index in [1.54, 1.807) is 7.11 Å². The summed E-state index contributed by atoms with van der Waals surface area (Å²) in [7, 11) is 3.55. The summed E-state index contributed by atoms with van der Waals surface area (Å²) >= 11 is 0. The molecule has 4 rings (SSSR count). The first-order valence-corrected chi connectivity index (χ1v) is 11.5. The molecule has 32 heavy (non-hydrogen) atoms. The van der Waals surface area contributed by atoms with E-state index in [2.05, 4.69) is 61.8 Å². The van der Waals surface area contributed by atoms with Crippen LogP contribution >= 0.6 is 0 Å². The average Bonchev–Trinajstić information content (AvgIpc) is 3.31. The second kappa shape index (κ2) is 11.2. The van der Waals surface area contributed by atoms with Crippen molar-refractivity contribution in [3.63, 3.8) is 0 Å². The minimum Gasteiger partial charge on any atom is -0.495 e. The van der Waals surface area contributed by atoms with E-state index in [0.717, 1.165) is 76.3 Å². The number of ether oxygens (including phenoxy) is 2. The van der Waals surface area contributed by atoms with E-state index in [1.807, 2.05) is 19.2 Å². The van der Waals surface area contributed by atoms with E-state index in [4.69, 9.17) is 9.47 Å². The molecule has 2 aromatic rings. The maximum absolute atomic E-state index is 5.53. The summed E-state index contributed by atoms with van der Waals surface area (Å²) < 4.78 is 11.0. The number of hydrogen-bond acceptors (Lipinski definition) is 5. The molecule has 0 aliphatic carbocycles. The largest absolute Gasteiger partial charge is 0.495 e. The third kappa shape index (κ3) is 5.93. The zero-order chi connectivity index (χ0) is 22.2. The van der Waals surface area contributed by atoms with Crippen LogP contribution in [-0.2, 0) is 17.8 Å². The van der Waals surface area contributed by atoms with Crippen LogP contribution in [0.15, 0.2) is 53.5 Å². The van der Waals surface area contributed by atoms with Gasteiger partial charge in [0.25, 0.3) is 0 Å². The first-order valence-electron chi connectivity index (χ1n) is 11.5. The normalized spacial score (nSPS) is 19.8. The highest BCUT2D eigenvalue weighted by Crippen LogP contribution is 2.30. The molecule has 7 heteroatoms. The Bertz CT molecular complexity index is 880. The van der Waals surface area contributed by atoms with Gasteiger partial charge in [-0.15, -0.1) is 0 Å². The smallest absolute Gasteiger partial charge is 0.191 e. The van der Waals surface area contributed by atoms with Crippen LogP contribution in [0, 0.1) is 0 Å². The Balaban J connectivity index is 1.24. The molecule has 2 aromatic carbocycles. The fourth-order valence-electron chi connectivity index (χ4n) is 4.34. The Morgan fingerprint density at radius 1 is 1.06 bits per heavy atom. The molecule has 2 N–H and O–H groups in total. The second-order valence-electron chi connectivity index (χ2n) is 8.38. The summed E-state index contributed by atoms with van der Waals surface area (Å²) in [4.78, 5) is 9.24.